The highest BCUT2D eigenvalue weighted by molar-refractivity contribution is 6.12. The van der Waals surface area contributed by atoms with Crippen LogP contribution >= 0.6 is 0 Å². The standard InChI is InChI=1S/C48H31NO/c1-3-11-32(12-4-1)36-24-27-45-42(29-36)43-30-37(33-13-5-2-6-14-33)25-28-46(43)49(45)44-17-9-7-15-39(44)35-21-19-34(20-22-35)38-23-26-41-40-16-8-10-18-47(40)50-48(41)31-38/h1-31H. The molecule has 0 atom stereocenters. The van der Waals surface area contributed by atoms with Crippen LogP contribution < -0.4 is 0 Å². The Morgan fingerprint density at radius 2 is 0.780 bits per heavy atom. The number of hydrogen-bond acceptors (Lipinski definition) is 1. The van der Waals surface area contributed by atoms with Crippen molar-refractivity contribution in [2.45, 2.75) is 0 Å². The van der Waals surface area contributed by atoms with Gasteiger partial charge in [0.25, 0.3) is 0 Å². The van der Waals surface area contributed by atoms with Gasteiger partial charge < -0.3 is 8.98 Å². The summed E-state index contributed by atoms with van der Waals surface area (Å²) < 4.78 is 8.63. The number of rotatable bonds is 5. The third kappa shape index (κ3) is 4.65. The van der Waals surface area contributed by atoms with E-state index in [4.69, 9.17) is 4.42 Å². The van der Waals surface area contributed by atoms with Gasteiger partial charge in [0.05, 0.1) is 16.7 Å². The first-order valence-electron chi connectivity index (χ1n) is 17.1. The molecule has 0 spiro atoms. The molecule has 0 bridgehead atoms. The van der Waals surface area contributed by atoms with E-state index in [9.17, 15) is 0 Å². The molecule has 0 aliphatic heterocycles. The van der Waals surface area contributed by atoms with Gasteiger partial charge in [-0.25, -0.2) is 0 Å². The largest absolute Gasteiger partial charge is 0.456 e. The van der Waals surface area contributed by atoms with Crippen LogP contribution in [-0.4, -0.2) is 4.57 Å². The minimum atomic E-state index is 0.912. The van der Waals surface area contributed by atoms with E-state index in [0.717, 1.165) is 38.8 Å². The molecule has 2 heterocycles. The predicted octanol–water partition coefficient (Wildman–Crippen LogP) is 13.4. The Morgan fingerprint density at radius 1 is 0.300 bits per heavy atom. The van der Waals surface area contributed by atoms with Gasteiger partial charge in [-0.05, 0) is 87.5 Å². The van der Waals surface area contributed by atoms with Crippen LogP contribution in [0.5, 0.6) is 0 Å². The van der Waals surface area contributed by atoms with E-state index in [1.54, 1.807) is 0 Å². The van der Waals surface area contributed by atoms with Gasteiger partial charge in [-0.15, -0.1) is 0 Å². The minimum absolute atomic E-state index is 0.912. The Balaban J connectivity index is 1.11. The average molecular weight is 638 g/mol. The molecule has 2 nitrogen and oxygen atoms in total. The second-order valence-electron chi connectivity index (χ2n) is 12.9. The molecule has 0 saturated carbocycles. The van der Waals surface area contributed by atoms with Gasteiger partial charge in [0.2, 0.25) is 0 Å². The van der Waals surface area contributed by atoms with Crippen molar-refractivity contribution in [3.05, 3.63) is 188 Å². The minimum Gasteiger partial charge on any atom is -0.456 e. The molecule has 0 saturated heterocycles. The highest BCUT2D eigenvalue weighted by Crippen LogP contribution is 2.40. The molecule has 2 aromatic heterocycles. The van der Waals surface area contributed by atoms with Crippen LogP contribution in [0.3, 0.4) is 0 Å². The highest BCUT2D eigenvalue weighted by atomic mass is 16.3. The Labute approximate surface area is 290 Å². The molecule has 0 fully saturated rings. The van der Waals surface area contributed by atoms with Gasteiger partial charge in [0, 0.05) is 27.1 Å². The molecule has 0 amide bonds. The van der Waals surface area contributed by atoms with E-state index in [0.29, 0.717) is 0 Å². The van der Waals surface area contributed by atoms with E-state index in [1.165, 1.54) is 55.2 Å². The zero-order valence-corrected chi connectivity index (χ0v) is 27.3. The summed E-state index contributed by atoms with van der Waals surface area (Å²) in [6.45, 7) is 0. The SMILES string of the molecule is c1ccc(-c2ccc3c(c2)c2cc(-c4ccccc4)ccc2n3-c2ccccc2-c2ccc(-c3ccc4c(c3)oc3ccccc34)cc2)cc1. The molecule has 8 aromatic carbocycles. The van der Waals surface area contributed by atoms with Crippen LogP contribution in [-0.2, 0) is 0 Å². The maximum absolute atomic E-state index is 6.20. The topological polar surface area (TPSA) is 18.1 Å². The van der Waals surface area contributed by atoms with Crippen molar-refractivity contribution in [1.29, 1.82) is 0 Å². The fraction of sp³-hybridized carbons (Fsp3) is 0. The molecule has 0 unspecified atom stereocenters. The first-order valence-corrected chi connectivity index (χ1v) is 17.1. The number of aromatic nitrogens is 1. The van der Waals surface area contributed by atoms with Crippen molar-refractivity contribution in [2.24, 2.45) is 0 Å². The van der Waals surface area contributed by atoms with Crippen LogP contribution in [0.15, 0.2) is 192 Å². The first kappa shape index (κ1) is 28.4. The molecule has 10 rings (SSSR count). The smallest absolute Gasteiger partial charge is 0.136 e. The Morgan fingerprint density at radius 3 is 1.46 bits per heavy atom. The zero-order chi connectivity index (χ0) is 33.0. The molecule has 10 aromatic rings. The summed E-state index contributed by atoms with van der Waals surface area (Å²) in [5.41, 5.74) is 14.9. The fourth-order valence-corrected chi connectivity index (χ4v) is 7.56. The van der Waals surface area contributed by atoms with Crippen molar-refractivity contribution in [3.63, 3.8) is 0 Å². The molecule has 234 valence electrons. The van der Waals surface area contributed by atoms with Gasteiger partial charge in [0.1, 0.15) is 11.2 Å². The molecular weight excluding hydrogens is 607 g/mol. The molecule has 0 radical (unpaired) electrons. The molecule has 50 heavy (non-hydrogen) atoms. The van der Waals surface area contributed by atoms with Gasteiger partial charge >= 0.3 is 0 Å². The second-order valence-corrected chi connectivity index (χ2v) is 12.9. The van der Waals surface area contributed by atoms with Crippen molar-refractivity contribution in [3.8, 4) is 50.2 Å². The third-order valence-electron chi connectivity index (χ3n) is 10.0. The lowest BCUT2D eigenvalue weighted by atomic mass is 9.98. The number of hydrogen-bond donors (Lipinski definition) is 0. The Hall–Kier alpha value is -6.64. The molecule has 2 heteroatoms. The molecule has 0 aliphatic carbocycles. The number of nitrogens with zero attached hydrogens (tertiary/aromatic N) is 1. The van der Waals surface area contributed by atoms with Gasteiger partial charge in [-0.1, -0.05) is 140 Å². The van der Waals surface area contributed by atoms with Gasteiger partial charge in [-0.3, -0.25) is 0 Å². The number of furan rings is 1. The van der Waals surface area contributed by atoms with Gasteiger partial charge in [-0.2, -0.15) is 0 Å². The summed E-state index contributed by atoms with van der Waals surface area (Å²) >= 11 is 0. The van der Waals surface area contributed by atoms with Crippen LogP contribution in [0.4, 0.5) is 0 Å². The van der Waals surface area contributed by atoms with Crippen LogP contribution in [0.2, 0.25) is 0 Å². The summed E-state index contributed by atoms with van der Waals surface area (Å²) in [6, 6.07) is 67.5. The molecular formula is C48H31NO. The third-order valence-corrected chi connectivity index (χ3v) is 10.0. The predicted molar refractivity (Wildman–Crippen MR) is 210 cm³/mol. The summed E-state index contributed by atoms with van der Waals surface area (Å²) in [5.74, 6) is 0. The highest BCUT2D eigenvalue weighted by Gasteiger charge is 2.17. The van der Waals surface area contributed by atoms with E-state index >= 15 is 0 Å². The normalized spacial score (nSPS) is 11.6. The lowest BCUT2D eigenvalue weighted by Gasteiger charge is -2.15. The molecule has 0 N–H and O–H groups in total. The monoisotopic (exact) mass is 637 g/mol. The van der Waals surface area contributed by atoms with Crippen LogP contribution in [0.25, 0.3) is 93.9 Å². The number of fused-ring (bicyclic) bond motifs is 6. The quantitative estimate of drug-likeness (QED) is 0.184. The summed E-state index contributed by atoms with van der Waals surface area (Å²) in [7, 11) is 0. The van der Waals surface area contributed by atoms with E-state index in [-0.39, 0.29) is 0 Å². The fourth-order valence-electron chi connectivity index (χ4n) is 7.56. The average Bonchev–Trinajstić information content (AvgIpc) is 3.73. The summed E-state index contributed by atoms with van der Waals surface area (Å²) in [4.78, 5) is 0. The zero-order valence-electron chi connectivity index (χ0n) is 27.3. The maximum Gasteiger partial charge on any atom is 0.136 e. The summed E-state index contributed by atoms with van der Waals surface area (Å²) in [5, 5.41) is 4.78. The first-order chi connectivity index (χ1) is 24.8. The lowest BCUT2D eigenvalue weighted by Crippen LogP contribution is -1.97. The Bertz CT molecular complexity index is 2740. The second kappa shape index (κ2) is 11.5. The van der Waals surface area contributed by atoms with Crippen molar-refractivity contribution < 1.29 is 4.42 Å². The maximum atomic E-state index is 6.20. The van der Waals surface area contributed by atoms with Crippen LogP contribution in [0.1, 0.15) is 0 Å². The van der Waals surface area contributed by atoms with Crippen molar-refractivity contribution in [1.82, 2.24) is 4.57 Å². The van der Waals surface area contributed by atoms with E-state index in [1.807, 2.05) is 12.1 Å². The van der Waals surface area contributed by atoms with E-state index < -0.39 is 0 Å². The molecule has 0 aliphatic rings. The van der Waals surface area contributed by atoms with Gasteiger partial charge in [0.15, 0.2) is 0 Å². The van der Waals surface area contributed by atoms with Crippen LogP contribution in [0, 0.1) is 0 Å². The number of benzene rings is 8. The van der Waals surface area contributed by atoms with E-state index in [2.05, 4.69) is 180 Å². The number of para-hydroxylation sites is 2. The van der Waals surface area contributed by atoms with Crippen molar-refractivity contribution >= 4 is 43.7 Å². The lowest BCUT2D eigenvalue weighted by molar-refractivity contribution is 0.669. The van der Waals surface area contributed by atoms with Crippen molar-refractivity contribution in [2.75, 3.05) is 0 Å². The Kier molecular flexibility index (Phi) is 6.53. The summed E-state index contributed by atoms with van der Waals surface area (Å²) in [6.07, 6.45) is 0.